The van der Waals surface area contributed by atoms with Crippen LogP contribution in [0.3, 0.4) is 0 Å². The molecule has 0 aliphatic carbocycles. The molecule has 138 valence electrons. The molecule has 0 fully saturated rings. The van der Waals surface area contributed by atoms with E-state index < -0.39 is 17.9 Å². The van der Waals surface area contributed by atoms with E-state index in [-0.39, 0.29) is 34.3 Å². The Morgan fingerprint density at radius 3 is 2.62 bits per heavy atom. The first kappa shape index (κ1) is 19.4. The van der Waals surface area contributed by atoms with E-state index in [2.05, 4.69) is 20.5 Å². The third-order valence-corrected chi connectivity index (χ3v) is 4.24. The van der Waals surface area contributed by atoms with Crippen LogP contribution >= 0.6 is 11.8 Å². The van der Waals surface area contributed by atoms with E-state index in [1.807, 2.05) is 0 Å². The van der Waals surface area contributed by atoms with Gasteiger partial charge in [0.05, 0.1) is 12.9 Å². The Hall–Kier alpha value is -2.88. The quantitative estimate of drug-likeness (QED) is 0.458. The number of aromatic amines is 1. The number of aromatic hydroxyl groups is 1. The molecule has 26 heavy (non-hydrogen) atoms. The number of carbonyl (C=O) groups excluding carboxylic acids is 2. The molecule has 0 aliphatic heterocycles. The Morgan fingerprint density at radius 1 is 1.31 bits per heavy atom. The number of benzene rings is 1. The van der Waals surface area contributed by atoms with Gasteiger partial charge in [0.25, 0.3) is 5.56 Å². The highest BCUT2D eigenvalue weighted by molar-refractivity contribution is 7.99. The van der Waals surface area contributed by atoms with E-state index in [4.69, 9.17) is 4.74 Å². The van der Waals surface area contributed by atoms with Crippen LogP contribution in [0.2, 0.25) is 0 Å². The van der Waals surface area contributed by atoms with Gasteiger partial charge in [0.2, 0.25) is 5.91 Å². The minimum atomic E-state index is -0.874. The van der Waals surface area contributed by atoms with Crippen LogP contribution in [0.25, 0.3) is 0 Å². The molecule has 0 saturated heterocycles. The van der Waals surface area contributed by atoms with Crippen LogP contribution in [-0.2, 0) is 20.7 Å². The number of thioether (sulfide) groups is 1. The lowest BCUT2D eigenvalue weighted by molar-refractivity contribution is -0.144. The zero-order chi connectivity index (χ0) is 19.1. The Bertz CT molecular complexity index is 837. The number of ether oxygens (including phenoxy) is 1. The number of esters is 1. The van der Waals surface area contributed by atoms with E-state index in [0.717, 1.165) is 17.3 Å². The van der Waals surface area contributed by atoms with Crippen molar-refractivity contribution >= 4 is 23.6 Å². The summed E-state index contributed by atoms with van der Waals surface area (Å²) in [6.07, 6.45) is 0.213. The lowest BCUT2D eigenvalue weighted by atomic mass is 10.1. The highest BCUT2D eigenvalue weighted by Gasteiger charge is 2.22. The number of aryl methyl sites for hydroxylation is 1. The fourth-order valence-corrected chi connectivity index (χ4v) is 2.63. The predicted octanol–water partition coefficient (Wildman–Crippen LogP) is 0.172. The fraction of sp³-hybridized carbons (Fsp3) is 0.312. The SMILES string of the molecule is COC(=O)[C@H](Cc1ccc(O)cc1)NC(=O)CSc1nnc(C)c(=O)[nH]1. The van der Waals surface area contributed by atoms with Gasteiger partial charge in [-0.15, -0.1) is 10.2 Å². The normalized spacial score (nSPS) is 11.6. The summed E-state index contributed by atoms with van der Waals surface area (Å²) in [4.78, 5) is 38.0. The molecule has 1 atom stereocenters. The van der Waals surface area contributed by atoms with Crippen molar-refractivity contribution in [1.29, 1.82) is 0 Å². The number of rotatable bonds is 7. The highest BCUT2D eigenvalue weighted by Crippen LogP contribution is 2.13. The first-order chi connectivity index (χ1) is 12.4. The van der Waals surface area contributed by atoms with Crippen molar-refractivity contribution in [3.8, 4) is 5.75 Å². The molecule has 1 amide bonds. The maximum Gasteiger partial charge on any atom is 0.328 e. The van der Waals surface area contributed by atoms with Crippen molar-refractivity contribution in [1.82, 2.24) is 20.5 Å². The van der Waals surface area contributed by atoms with Gasteiger partial charge in [-0.3, -0.25) is 14.6 Å². The maximum absolute atomic E-state index is 12.1. The number of hydrogen-bond acceptors (Lipinski definition) is 8. The number of methoxy groups -OCH3 is 1. The summed E-state index contributed by atoms with van der Waals surface area (Å²) >= 11 is 0.995. The number of aromatic nitrogens is 3. The van der Waals surface area contributed by atoms with Gasteiger partial charge in [-0.05, 0) is 24.6 Å². The monoisotopic (exact) mass is 378 g/mol. The lowest BCUT2D eigenvalue weighted by Gasteiger charge is -2.16. The van der Waals surface area contributed by atoms with E-state index in [1.165, 1.54) is 26.2 Å². The molecule has 2 aromatic rings. The topological polar surface area (TPSA) is 134 Å². The molecule has 0 unspecified atom stereocenters. The Balaban J connectivity index is 1.97. The molecule has 0 aliphatic rings. The molecule has 9 nitrogen and oxygen atoms in total. The fourth-order valence-electron chi connectivity index (χ4n) is 2.02. The summed E-state index contributed by atoms with van der Waals surface area (Å²) in [6.45, 7) is 1.53. The average molecular weight is 378 g/mol. The average Bonchev–Trinajstić information content (AvgIpc) is 2.63. The summed E-state index contributed by atoms with van der Waals surface area (Å²) in [5, 5.41) is 19.6. The Labute approximate surface area is 153 Å². The summed E-state index contributed by atoms with van der Waals surface area (Å²) < 4.78 is 4.72. The summed E-state index contributed by atoms with van der Waals surface area (Å²) in [5.41, 5.74) is 0.612. The van der Waals surface area contributed by atoms with Crippen molar-refractivity contribution in [2.24, 2.45) is 0 Å². The molecule has 3 N–H and O–H groups in total. The molecule has 0 spiro atoms. The van der Waals surface area contributed by atoms with Crippen molar-refractivity contribution in [2.45, 2.75) is 24.5 Å². The number of nitrogens with one attached hydrogen (secondary N) is 2. The Morgan fingerprint density at radius 2 is 2.00 bits per heavy atom. The van der Waals surface area contributed by atoms with Crippen LogP contribution in [0.5, 0.6) is 5.75 Å². The van der Waals surface area contributed by atoms with E-state index >= 15 is 0 Å². The largest absolute Gasteiger partial charge is 0.508 e. The number of nitrogens with zero attached hydrogens (tertiary/aromatic N) is 2. The van der Waals surface area contributed by atoms with Crippen molar-refractivity contribution in [3.05, 3.63) is 45.9 Å². The molecule has 0 bridgehead atoms. The second kappa shape index (κ2) is 8.99. The molecule has 1 aromatic carbocycles. The third-order valence-electron chi connectivity index (χ3n) is 3.38. The molecular weight excluding hydrogens is 360 g/mol. The van der Waals surface area contributed by atoms with Crippen molar-refractivity contribution in [2.75, 3.05) is 12.9 Å². The van der Waals surface area contributed by atoms with E-state index in [9.17, 15) is 19.5 Å². The summed E-state index contributed by atoms with van der Waals surface area (Å²) in [7, 11) is 1.24. The van der Waals surface area contributed by atoms with E-state index in [0.29, 0.717) is 0 Å². The van der Waals surface area contributed by atoms with Crippen LogP contribution in [0.4, 0.5) is 0 Å². The first-order valence-electron chi connectivity index (χ1n) is 7.60. The molecular formula is C16H18N4O5S. The summed E-state index contributed by atoms with van der Waals surface area (Å²) in [6, 6.07) is 5.42. The number of amides is 1. The van der Waals surface area contributed by atoms with Gasteiger partial charge < -0.3 is 15.2 Å². The molecule has 2 rings (SSSR count). The van der Waals surface area contributed by atoms with E-state index in [1.54, 1.807) is 12.1 Å². The number of phenols is 1. The van der Waals surface area contributed by atoms with Gasteiger partial charge in [0.15, 0.2) is 5.16 Å². The van der Waals surface area contributed by atoms with Gasteiger partial charge in [-0.1, -0.05) is 23.9 Å². The van der Waals surface area contributed by atoms with Crippen LogP contribution in [0.15, 0.2) is 34.2 Å². The second-order valence-corrected chi connectivity index (χ2v) is 6.31. The molecule has 1 heterocycles. The van der Waals surface area contributed by atoms with Crippen LogP contribution < -0.4 is 10.9 Å². The van der Waals surface area contributed by atoms with Gasteiger partial charge in [0, 0.05) is 6.42 Å². The predicted molar refractivity (Wildman–Crippen MR) is 93.9 cm³/mol. The lowest BCUT2D eigenvalue weighted by Crippen LogP contribution is -2.43. The number of hydrogen-bond donors (Lipinski definition) is 3. The minimum absolute atomic E-state index is 0.0588. The number of H-pyrrole nitrogens is 1. The molecule has 1 aromatic heterocycles. The Kier molecular flexibility index (Phi) is 6.73. The highest BCUT2D eigenvalue weighted by atomic mass is 32.2. The smallest absolute Gasteiger partial charge is 0.328 e. The van der Waals surface area contributed by atoms with Crippen LogP contribution in [0, 0.1) is 6.92 Å². The summed E-state index contributed by atoms with van der Waals surface area (Å²) in [5.74, 6) is -0.958. The van der Waals surface area contributed by atoms with Gasteiger partial charge >= 0.3 is 5.97 Å². The third kappa shape index (κ3) is 5.59. The van der Waals surface area contributed by atoms with Crippen LogP contribution in [0.1, 0.15) is 11.3 Å². The standard InChI is InChI=1S/C16H18N4O5S/c1-9-14(23)18-16(20-19-9)26-8-13(22)17-12(15(24)25-2)7-10-3-5-11(21)6-4-10/h3-6,12,21H,7-8H2,1-2H3,(H,17,22)(H,18,20,23)/t12-/m0/s1. The van der Waals surface area contributed by atoms with Crippen molar-refractivity contribution in [3.63, 3.8) is 0 Å². The zero-order valence-electron chi connectivity index (χ0n) is 14.2. The zero-order valence-corrected chi connectivity index (χ0v) is 15.0. The number of phenolic OH excluding ortho intramolecular Hbond substituents is 1. The van der Waals surface area contributed by atoms with Crippen LogP contribution in [-0.4, -0.2) is 51.1 Å². The maximum atomic E-state index is 12.1. The number of carbonyl (C=O) groups is 2. The van der Waals surface area contributed by atoms with Gasteiger partial charge in [0.1, 0.15) is 17.5 Å². The second-order valence-electron chi connectivity index (χ2n) is 5.35. The van der Waals surface area contributed by atoms with Gasteiger partial charge in [-0.25, -0.2) is 4.79 Å². The van der Waals surface area contributed by atoms with Gasteiger partial charge in [-0.2, -0.15) is 0 Å². The van der Waals surface area contributed by atoms with Crippen molar-refractivity contribution < 1.29 is 19.4 Å². The first-order valence-corrected chi connectivity index (χ1v) is 8.59. The molecule has 0 radical (unpaired) electrons. The molecule has 10 heteroatoms. The minimum Gasteiger partial charge on any atom is -0.508 e. The molecule has 0 saturated carbocycles.